The van der Waals surface area contributed by atoms with Crippen LogP contribution in [-0.2, 0) is 0 Å². The summed E-state index contributed by atoms with van der Waals surface area (Å²) in [5, 5.41) is 9.19. The first-order chi connectivity index (χ1) is 6.56. The second-order valence-corrected chi connectivity index (χ2v) is 3.09. The Balaban J connectivity index is 3.13. The predicted molar refractivity (Wildman–Crippen MR) is 50.8 cm³/mol. The van der Waals surface area contributed by atoms with Crippen molar-refractivity contribution in [2.75, 3.05) is 6.54 Å². The lowest BCUT2D eigenvalue weighted by atomic mass is 10.0. The average Bonchev–Trinajstić information content (AvgIpc) is 2.11. The summed E-state index contributed by atoms with van der Waals surface area (Å²) >= 11 is 0. The van der Waals surface area contributed by atoms with Gasteiger partial charge in [0.1, 0.15) is 11.6 Å². The van der Waals surface area contributed by atoms with Gasteiger partial charge in [0.2, 0.25) is 0 Å². The standard InChI is InChI=1S/C10H12FNO2/c1-6-4-7(13)5-8(10(6)11)9(14)2-3-12/h4-5,13H,2-3,12H2,1H3. The van der Waals surface area contributed by atoms with Crippen molar-refractivity contribution in [1.82, 2.24) is 0 Å². The van der Waals surface area contributed by atoms with Gasteiger partial charge in [-0.1, -0.05) is 0 Å². The Kier molecular flexibility index (Phi) is 3.19. The molecule has 0 aromatic heterocycles. The van der Waals surface area contributed by atoms with Gasteiger partial charge < -0.3 is 10.8 Å². The Morgan fingerprint density at radius 2 is 2.21 bits per heavy atom. The second-order valence-electron chi connectivity index (χ2n) is 3.09. The first-order valence-corrected chi connectivity index (χ1v) is 4.28. The molecule has 0 bridgehead atoms. The molecule has 0 saturated carbocycles. The Hall–Kier alpha value is -1.42. The molecule has 4 heteroatoms. The third kappa shape index (κ3) is 2.09. The minimum Gasteiger partial charge on any atom is -0.508 e. The number of carbonyl (C=O) groups excluding carboxylic acids is 1. The molecule has 0 spiro atoms. The quantitative estimate of drug-likeness (QED) is 0.719. The molecule has 0 aliphatic rings. The molecular weight excluding hydrogens is 185 g/mol. The van der Waals surface area contributed by atoms with Gasteiger partial charge in [0.25, 0.3) is 0 Å². The molecular formula is C10H12FNO2. The van der Waals surface area contributed by atoms with Crippen molar-refractivity contribution in [3.8, 4) is 5.75 Å². The monoisotopic (exact) mass is 197 g/mol. The number of nitrogens with two attached hydrogens (primary N) is 1. The number of aromatic hydroxyl groups is 1. The fraction of sp³-hybridized carbons (Fsp3) is 0.300. The van der Waals surface area contributed by atoms with Gasteiger partial charge in [-0.15, -0.1) is 0 Å². The number of hydrogen-bond acceptors (Lipinski definition) is 3. The van der Waals surface area contributed by atoms with Crippen LogP contribution in [0.2, 0.25) is 0 Å². The van der Waals surface area contributed by atoms with Crippen LogP contribution in [0.1, 0.15) is 22.3 Å². The maximum Gasteiger partial charge on any atom is 0.167 e. The van der Waals surface area contributed by atoms with Crippen molar-refractivity contribution < 1.29 is 14.3 Å². The molecule has 0 atom stereocenters. The van der Waals surface area contributed by atoms with E-state index >= 15 is 0 Å². The van der Waals surface area contributed by atoms with Crippen molar-refractivity contribution in [2.45, 2.75) is 13.3 Å². The molecule has 0 fully saturated rings. The zero-order chi connectivity index (χ0) is 10.7. The van der Waals surface area contributed by atoms with E-state index in [2.05, 4.69) is 0 Å². The summed E-state index contributed by atoms with van der Waals surface area (Å²) in [6.07, 6.45) is 0.0831. The van der Waals surface area contributed by atoms with Gasteiger partial charge in [-0.2, -0.15) is 0 Å². The number of halogens is 1. The third-order valence-corrected chi connectivity index (χ3v) is 1.91. The van der Waals surface area contributed by atoms with E-state index in [4.69, 9.17) is 5.73 Å². The summed E-state index contributed by atoms with van der Waals surface area (Å²) < 4.78 is 13.4. The summed E-state index contributed by atoms with van der Waals surface area (Å²) in [7, 11) is 0. The van der Waals surface area contributed by atoms with Crippen LogP contribution in [0.25, 0.3) is 0 Å². The van der Waals surface area contributed by atoms with Crippen LogP contribution in [0.15, 0.2) is 12.1 Å². The summed E-state index contributed by atoms with van der Waals surface area (Å²) in [5.41, 5.74) is 5.35. The van der Waals surface area contributed by atoms with Crippen LogP contribution in [0, 0.1) is 12.7 Å². The van der Waals surface area contributed by atoms with E-state index in [-0.39, 0.29) is 35.6 Å². The number of phenolic OH excluding ortho intramolecular Hbond substituents is 1. The van der Waals surface area contributed by atoms with Crippen LogP contribution < -0.4 is 5.73 Å². The fourth-order valence-corrected chi connectivity index (χ4v) is 1.22. The molecule has 0 saturated heterocycles. The molecule has 76 valence electrons. The zero-order valence-electron chi connectivity index (χ0n) is 7.88. The summed E-state index contributed by atoms with van der Waals surface area (Å²) in [5.74, 6) is -1.07. The highest BCUT2D eigenvalue weighted by Crippen LogP contribution is 2.20. The lowest BCUT2D eigenvalue weighted by Gasteiger charge is -2.05. The van der Waals surface area contributed by atoms with Crippen LogP contribution in [-0.4, -0.2) is 17.4 Å². The average molecular weight is 197 g/mol. The lowest BCUT2D eigenvalue weighted by Crippen LogP contribution is -2.10. The molecule has 3 nitrogen and oxygen atoms in total. The van der Waals surface area contributed by atoms with E-state index in [9.17, 15) is 14.3 Å². The number of carbonyl (C=O) groups is 1. The highest BCUT2D eigenvalue weighted by atomic mass is 19.1. The van der Waals surface area contributed by atoms with E-state index in [0.717, 1.165) is 6.07 Å². The number of benzene rings is 1. The summed E-state index contributed by atoms with van der Waals surface area (Å²) in [6, 6.07) is 2.40. The predicted octanol–water partition coefficient (Wildman–Crippen LogP) is 1.37. The molecule has 0 radical (unpaired) electrons. The number of hydrogen-bond donors (Lipinski definition) is 2. The number of rotatable bonds is 3. The van der Waals surface area contributed by atoms with Crippen LogP contribution >= 0.6 is 0 Å². The van der Waals surface area contributed by atoms with E-state index in [1.807, 2.05) is 0 Å². The molecule has 1 aromatic rings. The van der Waals surface area contributed by atoms with Crippen LogP contribution in [0.5, 0.6) is 5.75 Å². The molecule has 1 aromatic carbocycles. The molecule has 1 rings (SSSR count). The van der Waals surface area contributed by atoms with Gasteiger partial charge in [0.15, 0.2) is 5.78 Å². The number of phenols is 1. The molecule has 0 amide bonds. The van der Waals surface area contributed by atoms with E-state index in [0.29, 0.717) is 0 Å². The topological polar surface area (TPSA) is 63.3 Å². The SMILES string of the molecule is Cc1cc(O)cc(C(=O)CCN)c1F. The minimum atomic E-state index is -0.582. The fourth-order valence-electron chi connectivity index (χ4n) is 1.22. The van der Waals surface area contributed by atoms with Crippen molar-refractivity contribution in [3.05, 3.63) is 29.1 Å². The third-order valence-electron chi connectivity index (χ3n) is 1.91. The Morgan fingerprint density at radius 1 is 1.57 bits per heavy atom. The molecule has 3 N–H and O–H groups in total. The highest BCUT2D eigenvalue weighted by molar-refractivity contribution is 5.97. The van der Waals surface area contributed by atoms with E-state index < -0.39 is 5.82 Å². The van der Waals surface area contributed by atoms with Gasteiger partial charge in [0, 0.05) is 6.42 Å². The molecule has 0 unspecified atom stereocenters. The van der Waals surface area contributed by atoms with Gasteiger partial charge >= 0.3 is 0 Å². The lowest BCUT2D eigenvalue weighted by molar-refractivity contribution is 0.0981. The minimum absolute atomic E-state index is 0.0831. The van der Waals surface area contributed by atoms with Crippen molar-refractivity contribution >= 4 is 5.78 Å². The van der Waals surface area contributed by atoms with Gasteiger partial charge in [-0.05, 0) is 31.2 Å². The van der Waals surface area contributed by atoms with Crippen molar-refractivity contribution in [2.24, 2.45) is 5.73 Å². The molecule has 0 aliphatic heterocycles. The highest BCUT2D eigenvalue weighted by Gasteiger charge is 2.14. The summed E-state index contributed by atoms with van der Waals surface area (Å²) in [6.45, 7) is 1.67. The number of aryl methyl sites for hydroxylation is 1. The first-order valence-electron chi connectivity index (χ1n) is 4.28. The maximum atomic E-state index is 13.4. The second kappa shape index (κ2) is 4.19. The molecule has 0 aliphatic carbocycles. The molecule has 0 heterocycles. The van der Waals surface area contributed by atoms with Crippen LogP contribution in [0.3, 0.4) is 0 Å². The molecule has 14 heavy (non-hydrogen) atoms. The normalized spacial score (nSPS) is 10.2. The maximum absolute atomic E-state index is 13.4. The van der Waals surface area contributed by atoms with E-state index in [1.165, 1.54) is 13.0 Å². The van der Waals surface area contributed by atoms with Crippen molar-refractivity contribution in [1.29, 1.82) is 0 Å². The smallest absolute Gasteiger partial charge is 0.167 e. The van der Waals surface area contributed by atoms with Gasteiger partial charge in [-0.25, -0.2) is 4.39 Å². The van der Waals surface area contributed by atoms with Gasteiger partial charge in [-0.3, -0.25) is 4.79 Å². The number of ketones is 1. The van der Waals surface area contributed by atoms with Gasteiger partial charge in [0.05, 0.1) is 5.56 Å². The Morgan fingerprint density at radius 3 is 2.79 bits per heavy atom. The first kappa shape index (κ1) is 10.7. The Labute approximate surface area is 81.4 Å². The van der Waals surface area contributed by atoms with Crippen molar-refractivity contribution in [3.63, 3.8) is 0 Å². The van der Waals surface area contributed by atoms with Crippen LogP contribution in [0.4, 0.5) is 4.39 Å². The summed E-state index contributed by atoms with van der Waals surface area (Å²) in [4.78, 5) is 11.3. The number of Topliss-reactive ketones (excluding diaryl/α,β-unsaturated/α-hetero) is 1. The zero-order valence-corrected chi connectivity index (χ0v) is 7.88. The largest absolute Gasteiger partial charge is 0.508 e. The Bertz CT molecular complexity index is 363. The van der Waals surface area contributed by atoms with E-state index in [1.54, 1.807) is 0 Å².